The lowest BCUT2D eigenvalue weighted by molar-refractivity contribution is 0.0470. The van der Waals surface area contributed by atoms with Crippen LogP contribution in [0.25, 0.3) is 11.5 Å². The normalized spacial score (nSPS) is 10.2. The van der Waals surface area contributed by atoms with E-state index >= 15 is 0 Å². The van der Waals surface area contributed by atoms with Gasteiger partial charge in [-0.15, -0.1) is 0 Å². The topological polar surface area (TPSA) is 78.1 Å². The SMILES string of the molecule is CCOC(=O)c1nc(-c2cc(C)ccn2)no1. The molecule has 0 saturated heterocycles. The summed E-state index contributed by atoms with van der Waals surface area (Å²) >= 11 is 0. The van der Waals surface area contributed by atoms with Crippen LogP contribution < -0.4 is 0 Å². The average Bonchev–Trinajstić information content (AvgIpc) is 2.78. The summed E-state index contributed by atoms with van der Waals surface area (Å²) in [5.41, 5.74) is 1.58. The van der Waals surface area contributed by atoms with E-state index in [1.165, 1.54) is 0 Å². The number of carbonyl (C=O) groups excluding carboxylic acids is 1. The van der Waals surface area contributed by atoms with Crippen LogP contribution in [0.3, 0.4) is 0 Å². The summed E-state index contributed by atoms with van der Waals surface area (Å²) in [7, 11) is 0. The summed E-state index contributed by atoms with van der Waals surface area (Å²) in [6, 6.07) is 3.66. The summed E-state index contributed by atoms with van der Waals surface area (Å²) < 4.78 is 9.54. The van der Waals surface area contributed by atoms with Crippen molar-refractivity contribution in [2.75, 3.05) is 6.61 Å². The molecule has 6 nitrogen and oxygen atoms in total. The molecule has 0 bridgehead atoms. The van der Waals surface area contributed by atoms with Crippen molar-refractivity contribution in [2.24, 2.45) is 0 Å². The van der Waals surface area contributed by atoms with E-state index < -0.39 is 5.97 Å². The van der Waals surface area contributed by atoms with Crippen LogP contribution >= 0.6 is 0 Å². The standard InChI is InChI=1S/C11H11N3O3/c1-3-16-11(15)10-13-9(14-17-10)8-6-7(2)4-5-12-8/h4-6H,3H2,1-2H3. The van der Waals surface area contributed by atoms with Crippen molar-refractivity contribution in [1.82, 2.24) is 15.1 Å². The molecule has 0 atom stereocenters. The van der Waals surface area contributed by atoms with E-state index in [1.54, 1.807) is 19.2 Å². The minimum atomic E-state index is -0.626. The zero-order valence-corrected chi connectivity index (χ0v) is 9.51. The predicted molar refractivity (Wildman–Crippen MR) is 58.2 cm³/mol. The number of hydrogen-bond donors (Lipinski definition) is 0. The third-order valence-corrected chi connectivity index (χ3v) is 2.02. The molecule has 88 valence electrons. The number of ether oxygens (including phenoxy) is 1. The Morgan fingerprint density at radius 1 is 1.53 bits per heavy atom. The third kappa shape index (κ3) is 2.47. The molecule has 0 aliphatic carbocycles. The fourth-order valence-electron chi connectivity index (χ4n) is 1.26. The summed E-state index contributed by atoms with van der Waals surface area (Å²) in [5, 5.41) is 3.68. The summed E-state index contributed by atoms with van der Waals surface area (Å²) in [4.78, 5) is 19.3. The van der Waals surface area contributed by atoms with Gasteiger partial charge in [-0.25, -0.2) is 4.79 Å². The molecule has 2 rings (SSSR count). The minimum Gasteiger partial charge on any atom is -0.459 e. The van der Waals surface area contributed by atoms with E-state index in [0.717, 1.165) is 5.56 Å². The molecule has 0 spiro atoms. The van der Waals surface area contributed by atoms with Crippen molar-refractivity contribution in [3.05, 3.63) is 29.8 Å². The molecule has 0 radical (unpaired) electrons. The number of hydrogen-bond acceptors (Lipinski definition) is 6. The molecule has 0 N–H and O–H groups in total. The second-order valence-corrected chi connectivity index (χ2v) is 3.36. The van der Waals surface area contributed by atoms with Crippen LogP contribution in [0.5, 0.6) is 0 Å². The summed E-state index contributed by atoms with van der Waals surface area (Å²) in [5.74, 6) is -0.513. The number of aryl methyl sites for hydroxylation is 1. The highest BCUT2D eigenvalue weighted by molar-refractivity contribution is 5.84. The van der Waals surface area contributed by atoms with Gasteiger partial charge in [-0.2, -0.15) is 4.98 Å². The van der Waals surface area contributed by atoms with Crippen LogP contribution in [0.1, 0.15) is 23.2 Å². The van der Waals surface area contributed by atoms with Gasteiger partial charge < -0.3 is 9.26 Å². The predicted octanol–water partition coefficient (Wildman–Crippen LogP) is 1.62. The molecule has 2 aromatic rings. The maximum absolute atomic E-state index is 11.3. The highest BCUT2D eigenvalue weighted by Gasteiger charge is 2.17. The smallest absolute Gasteiger partial charge is 0.397 e. The summed E-state index contributed by atoms with van der Waals surface area (Å²) in [6.07, 6.45) is 1.64. The van der Waals surface area contributed by atoms with Gasteiger partial charge in [0.15, 0.2) is 0 Å². The first-order valence-electron chi connectivity index (χ1n) is 5.14. The zero-order valence-electron chi connectivity index (χ0n) is 9.51. The first-order chi connectivity index (χ1) is 8.20. The van der Waals surface area contributed by atoms with Crippen molar-refractivity contribution in [3.8, 4) is 11.5 Å². The molecule has 17 heavy (non-hydrogen) atoms. The van der Waals surface area contributed by atoms with Crippen molar-refractivity contribution in [2.45, 2.75) is 13.8 Å². The minimum absolute atomic E-state index is 0.162. The highest BCUT2D eigenvalue weighted by atomic mass is 16.6. The molecule has 0 aliphatic rings. The quantitative estimate of drug-likeness (QED) is 0.749. The van der Waals surface area contributed by atoms with E-state index in [-0.39, 0.29) is 18.3 Å². The number of aromatic nitrogens is 3. The Balaban J connectivity index is 2.27. The monoisotopic (exact) mass is 233 g/mol. The number of nitrogens with zero attached hydrogens (tertiary/aromatic N) is 3. The second-order valence-electron chi connectivity index (χ2n) is 3.36. The Morgan fingerprint density at radius 3 is 3.06 bits per heavy atom. The molecule has 0 aliphatic heterocycles. The Labute approximate surface area is 97.6 Å². The van der Waals surface area contributed by atoms with E-state index in [4.69, 9.17) is 9.26 Å². The zero-order chi connectivity index (χ0) is 12.3. The lowest BCUT2D eigenvalue weighted by Crippen LogP contribution is -2.04. The Morgan fingerprint density at radius 2 is 2.35 bits per heavy atom. The molecule has 6 heteroatoms. The van der Waals surface area contributed by atoms with Crippen molar-refractivity contribution >= 4 is 5.97 Å². The van der Waals surface area contributed by atoms with E-state index in [1.807, 2.05) is 13.0 Å². The van der Waals surface area contributed by atoms with Gasteiger partial charge in [0.1, 0.15) is 5.69 Å². The van der Waals surface area contributed by atoms with Gasteiger partial charge in [-0.3, -0.25) is 4.98 Å². The third-order valence-electron chi connectivity index (χ3n) is 2.02. The Bertz CT molecular complexity index is 536. The van der Waals surface area contributed by atoms with E-state index in [0.29, 0.717) is 5.69 Å². The maximum Gasteiger partial charge on any atom is 0.397 e. The molecule has 0 saturated carbocycles. The molecule has 0 unspecified atom stereocenters. The van der Waals surface area contributed by atoms with Crippen LogP contribution in [0.15, 0.2) is 22.9 Å². The first-order valence-corrected chi connectivity index (χ1v) is 5.14. The fourth-order valence-corrected chi connectivity index (χ4v) is 1.26. The van der Waals surface area contributed by atoms with Crippen LogP contribution in [-0.4, -0.2) is 27.7 Å². The Kier molecular flexibility index (Phi) is 3.13. The van der Waals surface area contributed by atoms with Crippen LogP contribution in [0, 0.1) is 6.92 Å². The van der Waals surface area contributed by atoms with Gasteiger partial charge in [-0.1, -0.05) is 5.16 Å². The number of pyridine rings is 1. The molecule has 2 heterocycles. The first kappa shape index (κ1) is 11.3. The molecule has 2 aromatic heterocycles. The van der Waals surface area contributed by atoms with Crippen LogP contribution in [-0.2, 0) is 4.74 Å². The van der Waals surface area contributed by atoms with Crippen molar-refractivity contribution < 1.29 is 14.1 Å². The number of esters is 1. The summed E-state index contributed by atoms with van der Waals surface area (Å²) in [6.45, 7) is 3.90. The Hall–Kier alpha value is -2.24. The van der Waals surface area contributed by atoms with Crippen LogP contribution in [0.4, 0.5) is 0 Å². The second kappa shape index (κ2) is 4.73. The highest BCUT2D eigenvalue weighted by Crippen LogP contribution is 2.14. The van der Waals surface area contributed by atoms with Crippen LogP contribution in [0.2, 0.25) is 0 Å². The number of carbonyl (C=O) groups is 1. The lowest BCUT2D eigenvalue weighted by Gasteiger charge is -1.94. The molecule has 0 amide bonds. The van der Waals surface area contributed by atoms with Gasteiger partial charge >= 0.3 is 11.9 Å². The largest absolute Gasteiger partial charge is 0.459 e. The van der Waals surface area contributed by atoms with Gasteiger partial charge in [0.2, 0.25) is 5.82 Å². The van der Waals surface area contributed by atoms with Gasteiger partial charge in [0, 0.05) is 6.20 Å². The molecular weight excluding hydrogens is 222 g/mol. The van der Waals surface area contributed by atoms with E-state index in [9.17, 15) is 4.79 Å². The maximum atomic E-state index is 11.3. The van der Waals surface area contributed by atoms with E-state index in [2.05, 4.69) is 15.1 Å². The van der Waals surface area contributed by atoms with Gasteiger partial charge in [0.25, 0.3) is 0 Å². The van der Waals surface area contributed by atoms with Crippen molar-refractivity contribution in [3.63, 3.8) is 0 Å². The van der Waals surface area contributed by atoms with Gasteiger partial charge in [0.05, 0.1) is 6.61 Å². The number of rotatable bonds is 3. The fraction of sp³-hybridized carbons (Fsp3) is 0.273. The van der Waals surface area contributed by atoms with Crippen molar-refractivity contribution in [1.29, 1.82) is 0 Å². The molecule has 0 fully saturated rings. The average molecular weight is 233 g/mol. The molecular formula is C11H11N3O3. The molecule has 0 aromatic carbocycles. The lowest BCUT2D eigenvalue weighted by atomic mass is 10.2. The van der Waals surface area contributed by atoms with Gasteiger partial charge in [-0.05, 0) is 31.5 Å².